The maximum atomic E-state index is 11.2. The minimum absolute atomic E-state index is 0.000532. The van der Waals surface area contributed by atoms with E-state index >= 15 is 0 Å². The minimum atomic E-state index is -0.634. The zero-order valence-corrected chi connectivity index (χ0v) is 8.61. The first-order valence-corrected chi connectivity index (χ1v) is 4.72. The second-order valence-corrected chi connectivity index (χ2v) is 3.58. The number of nitrogen functional groups attached to an aromatic ring is 1. The summed E-state index contributed by atoms with van der Waals surface area (Å²) in [6.07, 6.45) is 0. The quantitative estimate of drug-likeness (QED) is 0.592. The van der Waals surface area contributed by atoms with E-state index in [0.29, 0.717) is 11.1 Å². The third kappa shape index (κ3) is 1.35. The van der Waals surface area contributed by atoms with Gasteiger partial charge in [-0.25, -0.2) is 0 Å². The Morgan fingerprint density at radius 3 is 2.06 bits per heavy atom. The normalized spacial score (nSPS) is 10.6. The van der Waals surface area contributed by atoms with E-state index in [1.165, 1.54) is 6.92 Å². The van der Waals surface area contributed by atoms with Crippen molar-refractivity contribution in [3.63, 3.8) is 0 Å². The van der Waals surface area contributed by atoms with E-state index in [4.69, 9.17) is 5.73 Å². The van der Waals surface area contributed by atoms with Crippen molar-refractivity contribution in [2.45, 2.75) is 6.92 Å². The van der Waals surface area contributed by atoms with E-state index in [1.54, 1.807) is 24.3 Å². The number of hydrogen-bond acceptors (Lipinski definition) is 4. The van der Waals surface area contributed by atoms with Crippen molar-refractivity contribution in [1.82, 2.24) is 0 Å². The summed E-state index contributed by atoms with van der Waals surface area (Å²) < 4.78 is 0. The number of anilines is 1. The number of hydrogen-bond donors (Lipinski definition) is 1. The van der Waals surface area contributed by atoms with Gasteiger partial charge in [0.05, 0.1) is 11.3 Å². The lowest BCUT2D eigenvalue weighted by atomic mass is 9.97. The van der Waals surface area contributed by atoms with Crippen LogP contribution in [0.3, 0.4) is 0 Å². The van der Waals surface area contributed by atoms with Crippen LogP contribution in [0.25, 0.3) is 11.1 Å². The molecule has 80 valence electrons. The molecular weight excluding hydrogens is 206 g/mol. The molecule has 4 nitrogen and oxygen atoms in total. The highest BCUT2D eigenvalue weighted by molar-refractivity contribution is 5.94. The summed E-state index contributed by atoms with van der Waals surface area (Å²) in [7, 11) is 0. The van der Waals surface area contributed by atoms with Crippen LogP contribution in [-0.2, 0) is 0 Å². The first kappa shape index (κ1) is 10.3. The predicted molar refractivity (Wildman–Crippen MR) is 61.2 cm³/mol. The monoisotopic (exact) mass is 215 g/mol. The second kappa shape index (κ2) is 3.41. The standard InChI is InChI=1S/C12H9NO3/c1-6(14)7-2-4-8(5-3-7)9-10(13)12(16)11(9)15/h2-5H,13H2,1H3. The van der Waals surface area contributed by atoms with Crippen molar-refractivity contribution in [3.05, 3.63) is 50.3 Å². The summed E-state index contributed by atoms with van der Waals surface area (Å²) in [5.41, 5.74) is 5.62. The number of ketones is 1. The van der Waals surface area contributed by atoms with Crippen LogP contribution < -0.4 is 16.6 Å². The molecule has 0 saturated heterocycles. The summed E-state index contributed by atoms with van der Waals surface area (Å²) in [5.74, 6) is -0.0514. The molecule has 0 aliphatic heterocycles. The van der Waals surface area contributed by atoms with Gasteiger partial charge in [-0.1, -0.05) is 24.3 Å². The molecule has 2 aromatic carbocycles. The van der Waals surface area contributed by atoms with Gasteiger partial charge in [-0.3, -0.25) is 14.4 Å². The van der Waals surface area contributed by atoms with E-state index in [1.807, 2.05) is 0 Å². The van der Waals surface area contributed by atoms with Crippen LogP contribution in [0.5, 0.6) is 0 Å². The molecular formula is C12H9NO3. The van der Waals surface area contributed by atoms with E-state index in [0.717, 1.165) is 0 Å². The maximum Gasteiger partial charge on any atom is 0.249 e. The smallest absolute Gasteiger partial charge is 0.249 e. The summed E-state index contributed by atoms with van der Waals surface area (Å²) in [4.78, 5) is 33.2. The Morgan fingerprint density at radius 2 is 1.62 bits per heavy atom. The molecule has 0 amide bonds. The fourth-order valence-corrected chi connectivity index (χ4v) is 1.57. The topological polar surface area (TPSA) is 77.2 Å². The zero-order valence-electron chi connectivity index (χ0n) is 8.61. The van der Waals surface area contributed by atoms with Crippen LogP contribution in [0.2, 0.25) is 0 Å². The number of rotatable bonds is 2. The zero-order chi connectivity index (χ0) is 11.9. The highest BCUT2D eigenvalue weighted by Crippen LogP contribution is 2.21. The van der Waals surface area contributed by atoms with Crippen molar-refractivity contribution in [2.75, 3.05) is 5.73 Å². The Labute approximate surface area is 91.0 Å². The molecule has 2 aromatic rings. The summed E-state index contributed by atoms with van der Waals surface area (Å²) in [6.45, 7) is 1.46. The molecule has 2 N–H and O–H groups in total. The van der Waals surface area contributed by atoms with Gasteiger partial charge in [-0.05, 0) is 12.5 Å². The number of carbonyl (C=O) groups excluding carboxylic acids is 1. The maximum absolute atomic E-state index is 11.2. The highest BCUT2D eigenvalue weighted by Gasteiger charge is 2.19. The summed E-state index contributed by atoms with van der Waals surface area (Å²) in [6, 6.07) is 6.44. The minimum Gasteiger partial charge on any atom is -0.395 e. The van der Waals surface area contributed by atoms with Gasteiger partial charge >= 0.3 is 0 Å². The molecule has 0 unspecified atom stereocenters. The highest BCUT2D eigenvalue weighted by atomic mass is 16.2. The largest absolute Gasteiger partial charge is 0.395 e. The number of nitrogens with two attached hydrogens (primary N) is 1. The van der Waals surface area contributed by atoms with Gasteiger partial charge in [0, 0.05) is 5.56 Å². The van der Waals surface area contributed by atoms with Gasteiger partial charge in [-0.2, -0.15) is 0 Å². The van der Waals surface area contributed by atoms with Gasteiger partial charge < -0.3 is 5.73 Å². The Bertz CT molecular complexity index is 631. The van der Waals surface area contributed by atoms with Crippen molar-refractivity contribution >= 4 is 11.5 Å². The molecule has 0 aliphatic carbocycles. The van der Waals surface area contributed by atoms with E-state index in [9.17, 15) is 14.4 Å². The van der Waals surface area contributed by atoms with Crippen molar-refractivity contribution in [1.29, 1.82) is 0 Å². The lowest BCUT2D eigenvalue weighted by molar-refractivity contribution is 0.101. The average molecular weight is 215 g/mol. The number of carbonyl (C=O) groups is 1. The van der Waals surface area contributed by atoms with E-state index in [-0.39, 0.29) is 17.0 Å². The van der Waals surface area contributed by atoms with Gasteiger partial charge in [0.15, 0.2) is 5.78 Å². The van der Waals surface area contributed by atoms with Gasteiger partial charge in [0.2, 0.25) is 10.9 Å². The molecule has 0 heterocycles. The lowest BCUT2D eigenvalue weighted by Crippen LogP contribution is -2.35. The van der Waals surface area contributed by atoms with Crippen LogP contribution in [0.4, 0.5) is 5.69 Å². The van der Waals surface area contributed by atoms with Gasteiger partial charge in [0.25, 0.3) is 0 Å². The fourth-order valence-electron chi connectivity index (χ4n) is 1.57. The second-order valence-electron chi connectivity index (χ2n) is 3.58. The first-order valence-electron chi connectivity index (χ1n) is 4.72. The third-order valence-electron chi connectivity index (χ3n) is 2.53. The molecule has 16 heavy (non-hydrogen) atoms. The molecule has 0 fully saturated rings. The SMILES string of the molecule is CC(=O)c1ccc(-c2c(N)c(=O)c2=O)cc1. The molecule has 0 aliphatic rings. The van der Waals surface area contributed by atoms with Crippen LogP contribution in [0, 0.1) is 0 Å². The molecule has 4 heteroatoms. The van der Waals surface area contributed by atoms with Gasteiger partial charge in [-0.15, -0.1) is 0 Å². The van der Waals surface area contributed by atoms with Crippen LogP contribution in [-0.4, -0.2) is 5.78 Å². The summed E-state index contributed by atoms with van der Waals surface area (Å²) in [5, 5.41) is 0. The lowest BCUT2D eigenvalue weighted by Gasteiger charge is -2.06. The molecule has 0 aromatic heterocycles. The molecule has 0 atom stereocenters. The van der Waals surface area contributed by atoms with Gasteiger partial charge in [0.1, 0.15) is 0 Å². The van der Waals surface area contributed by atoms with E-state index in [2.05, 4.69) is 0 Å². The number of benzene rings is 1. The van der Waals surface area contributed by atoms with Crippen LogP contribution >= 0.6 is 0 Å². The fraction of sp³-hybridized carbons (Fsp3) is 0.0833. The Balaban J connectivity index is 2.48. The van der Waals surface area contributed by atoms with Crippen molar-refractivity contribution < 1.29 is 4.79 Å². The average Bonchev–Trinajstić information content (AvgIpc) is 2.29. The molecule has 0 radical (unpaired) electrons. The molecule has 0 saturated carbocycles. The predicted octanol–water partition coefficient (Wildman–Crippen LogP) is 0.734. The van der Waals surface area contributed by atoms with Crippen LogP contribution in [0.15, 0.2) is 33.9 Å². The Morgan fingerprint density at radius 1 is 1.06 bits per heavy atom. The Kier molecular flexibility index (Phi) is 2.20. The first-order chi connectivity index (χ1) is 7.52. The molecule has 0 bridgehead atoms. The van der Waals surface area contributed by atoms with Crippen LogP contribution in [0.1, 0.15) is 17.3 Å². The summed E-state index contributed by atoms with van der Waals surface area (Å²) >= 11 is 0. The molecule has 2 rings (SSSR count). The van der Waals surface area contributed by atoms with Crippen molar-refractivity contribution in [2.24, 2.45) is 0 Å². The van der Waals surface area contributed by atoms with E-state index < -0.39 is 10.9 Å². The van der Waals surface area contributed by atoms with Crippen molar-refractivity contribution in [3.8, 4) is 11.1 Å². The Hall–Kier alpha value is -2.23. The molecule has 0 spiro atoms. The number of Topliss-reactive ketones (excluding diaryl/α,β-unsaturated/α-hetero) is 1. The third-order valence-corrected chi connectivity index (χ3v) is 2.53.